The number of aryl methyl sites for hydroxylation is 1. The highest BCUT2D eigenvalue weighted by molar-refractivity contribution is 5.90. The molecule has 0 aliphatic carbocycles. The number of hydrogen-bond acceptors (Lipinski definition) is 6. The van der Waals surface area contributed by atoms with Crippen molar-refractivity contribution in [1.29, 1.82) is 0 Å². The molecule has 3 aromatic rings. The third-order valence-corrected chi connectivity index (χ3v) is 3.82. The van der Waals surface area contributed by atoms with E-state index in [1.807, 2.05) is 18.2 Å². The van der Waals surface area contributed by atoms with Crippen molar-refractivity contribution in [1.82, 2.24) is 10.1 Å². The lowest BCUT2D eigenvalue weighted by molar-refractivity contribution is 0.0601. The third-order valence-electron chi connectivity index (χ3n) is 3.82. The third kappa shape index (κ3) is 4.03. The molecular formula is C19H19N3O3. The van der Waals surface area contributed by atoms with Crippen molar-refractivity contribution in [3.63, 3.8) is 0 Å². The van der Waals surface area contributed by atoms with E-state index in [-0.39, 0.29) is 5.97 Å². The summed E-state index contributed by atoms with van der Waals surface area (Å²) in [5.41, 5.74) is 3.43. The zero-order valence-electron chi connectivity index (χ0n) is 14.2. The molecule has 2 aromatic carbocycles. The quantitative estimate of drug-likeness (QED) is 0.691. The van der Waals surface area contributed by atoms with Crippen molar-refractivity contribution in [3.8, 4) is 11.4 Å². The van der Waals surface area contributed by atoms with E-state index in [0.29, 0.717) is 23.8 Å². The molecule has 0 bridgehead atoms. The van der Waals surface area contributed by atoms with Gasteiger partial charge in [0.2, 0.25) is 11.7 Å². The summed E-state index contributed by atoms with van der Waals surface area (Å²) >= 11 is 0. The van der Waals surface area contributed by atoms with Crippen molar-refractivity contribution < 1.29 is 14.1 Å². The van der Waals surface area contributed by atoms with Crippen molar-refractivity contribution in [2.75, 3.05) is 12.4 Å². The van der Waals surface area contributed by atoms with E-state index >= 15 is 0 Å². The Hall–Kier alpha value is -3.15. The summed E-state index contributed by atoms with van der Waals surface area (Å²) in [6.45, 7) is 2.48. The maximum atomic E-state index is 11.6. The number of methoxy groups -OCH3 is 1. The van der Waals surface area contributed by atoms with Gasteiger partial charge in [-0.2, -0.15) is 4.98 Å². The molecule has 25 heavy (non-hydrogen) atoms. The number of carbonyl (C=O) groups excluding carboxylic acids is 1. The van der Waals surface area contributed by atoms with Crippen LogP contribution in [0.4, 0.5) is 5.69 Å². The molecular weight excluding hydrogens is 318 g/mol. The molecule has 0 saturated heterocycles. The molecule has 0 amide bonds. The van der Waals surface area contributed by atoms with E-state index < -0.39 is 0 Å². The van der Waals surface area contributed by atoms with Gasteiger partial charge in [0.1, 0.15) is 0 Å². The second kappa shape index (κ2) is 7.61. The first-order chi connectivity index (χ1) is 12.2. The summed E-state index contributed by atoms with van der Waals surface area (Å²) in [5.74, 6) is 0.653. The lowest BCUT2D eigenvalue weighted by Crippen LogP contribution is -2.04. The number of benzene rings is 2. The van der Waals surface area contributed by atoms with E-state index in [4.69, 9.17) is 9.26 Å². The first kappa shape index (κ1) is 16.7. The molecule has 0 fully saturated rings. The Labute approximate surface area is 145 Å². The van der Waals surface area contributed by atoms with E-state index in [0.717, 1.165) is 17.7 Å². The van der Waals surface area contributed by atoms with Crippen LogP contribution in [0, 0.1) is 0 Å². The van der Waals surface area contributed by atoms with Crippen LogP contribution in [-0.4, -0.2) is 23.2 Å². The largest absolute Gasteiger partial charge is 0.465 e. The van der Waals surface area contributed by atoms with Crippen LogP contribution in [0.1, 0.15) is 28.7 Å². The van der Waals surface area contributed by atoms with Crippen LogP contribution in [0.2, 0.25) is 0 Å². The molecule has 6 nitrogen and oxygen atoms in total. The fourth-order valence-corrected chi connectivity index (χ4v) is 2.39. The fraction of sp³-hybridized carbons (Fsp3) is 0.211. The van der Waals surface area contributed by atoms with Crippen molar-refractivity contribution >= 4 is 11.7 Å². The molecule has 0 spiro atoms. The normalized spacial score (nSPS) is 10.5. The van der Waals surface area contributed by atoms with Gasteiger partial charge in [-0.25, -0.2) is 4.79 Å². The van der Waals surface area contributed by atoms with Crippen LogP contribution >= 0.6 is 0 Å². The molecule has 1 N–H and O–H groups in total. The highest BCUT2D eigenvalue weighted by Crippen LogP contribution is 2.18. The van der Waals surface area contributed by atoms with Gasteiger partial charge in [-0.3, -0.25) is 0 Å². The van der Waals surface area contributed by atoms with E-state index in [9.17, 15) is 4.79 Å². The molecule has 6 heteroatoms. The van der Waals surface area contributed by atoms with Crippen LogP contribution < -0.4 is 5.32 Å². The van der Waals surface area contributed by atoms with Gasteiger partial charge in [0.15, 0.2) is 0 Å². The van der Waals surface area contributed by atoms with Crippen molar-refractivity contribution in [2.45, 2.75) is 19.9 Å². The summed E-state index contributed by atoms with van der Waals surface area (Å²) < 4.78 is 10.00. The summed E-state index contributed by atoms with van der Waals surface area (Å²) in [6.07, 6.45) is 0.992. The smallest absolute Gasteiger partial charge is 0.337 e. The minimum Gasteiger partial charge on any atom is -0.465 e. The average Bonchev–Trinajstić information content (AvgIpc) is 3.15. The molecule has 3 rings (SSSR count). The Bertz CT molecular complexity index is 856. The monoisotopic (exact) mass is 337 g/mol. The second-order valence-electron chi connectivity index (χ2n) is 5.49. The maximum Gasteiger partial charge on any atom is 0.337 e. The van der Waals surface area contributed by atoms with Gasteiger partial charge in [0, 0.05) is 11.3 Å². The van der Waals surface area contributed by atoms with E-state index in [1.54, 1.807) is 18.2 Å². The molecule has 0 atom stereocenters. The highest BCUT2D eigenvalue weighted by atomic mass is 16.5. The van der Waals surface area contributed by atoms with E-state index in [2.05, 4.69) is 34.5 Å². The number of anilines is 1. The number of carbonyl (C=O) groups is 1. The van der Waals surface area contributed by atoms with Crippen LogP contribution in [0.3, 0.4) is 0 Å². The molecule has 0 saturated carbocycles. The zero-order chi connectivity index (χ0) is 17.6. The van der Waals surface area contributed by atoms with Gasteiger partial charge < -0.3 is 14.6 Å². The average molecular weight is 337 g/mol. The Kier molecular flexibility index (Phi) is 5.09. The van der Waals surface area contributed by atoms with Gasteiger partial charge in [-0.15, -0.1) is 0 Å². The number of hydrogen-bond donors (Lipinski definition) is 1. The van der Waals surface area contributed by atoms with Gasteiger partial charge in [0.25, 0.3) is 0 Å². The van der Waals surface area contributed by atoms with Gasteiger partial charge >= 0.3 is 5.97 Å². The lowest BCUT2D eigenvalue weighted by atomic mass is 10.1. The number of rotatable bonds is 6. The standard InChI is InChI=1S/C19H19N3O3/c1-3-13-7-9-14(10-8-13)18-21-17(25-22-18)12-20-16-6-4-5-15(11-16)19(23)24-2/h4-11,20H,3,12H2,1-2H3. The van der Waals surface area contributed by atoms with Gasteiger partial charge in [0.05, 0.1) is 19.2 Å². The fourth-order valence-electron chi connectivity index (χ4n) is 2.39. The number of nitrogens with zero attached hydrogens (tertiary/aromatic N) is 2. The minimum absolute atomic E-state index is 0.366. The van der Waals surface area contributed by atoms with Crippen molar-refractivity contribution in [3.05, 3.63) is 65.5 Å². The Morgan fingerprint density at radius 2 is 2.00 bits per heavy atom. The summed E-state index contributed by atoms with van der Waals surface area (Å²) in [6, 6.07) is 15.1. The zero-order valence-corrected chi connectivity index (χ0v) is 14.2. The molecule has 1 aromatic heterocycles. The number of aromatic nitrogens is 2. The van der Waals surface area contributed by atoms with Crippen LogP contribution in [0.5, 0.6) is 0 Å². The molecule has 128 valence electrons. The molecule has 0 aliphatic rings. The van der Waals surface area contributed by atoms with Crippen LogP contribution in [-0.2, 0) is 17.7 Å². The molecule has 1 heterocycles. The molecule has 0 aliphatic heterocycles. The molecule has 0 radical (unpaired) electrons. The number of esters is 1. The van der Waals surface area contributed by atoms with E-state index in [1.165, 1.54) is 12.7 Å². The first-order valence-electron chi connectivity index (χ1n) is 8.03. The Morgan fingerprint density at radius 3 is 2.72 bits per heavy atom. The Morgan fingerprint density at radius 1 is 1.20 bits per heavy atom. The highest BCUT2D eigenvalue weighted by Gasteiger charge is 2.09. The molecule has 0 unspecified atom stereocenters. The van der Waals surface area contributed by atoms with Gasteiger partial charge in [-0.05, 0) is 30.2 Å². The number of nitrogens with one attached hydrogen (secondary N) is 1. The number of ether oxygens (including phenoxy) is 1. The SMILES string of the molecule is CCc1ccc(-c2noc(CNc3cccc(C(=O)OC)c3)n2)cc1. The lowest BCUT2D eigenvalue weighted by Gasteiger charge is -2.05. The second-order valence-corrected chi connectivity index (χ2v) is 5.49. The summed E-state index contributed by atoms with van der Waals surface area (Å²) in [5, 5.41) is 7.17. The van der Waals surface area contributed by atoms with Crippen molar-refractivity contribution in [2.24, 2.45) is 0 Å². The van der Waals surface area contributed by atoms with Gasteiger partial charge in [-0.1, -0.05) is 42.4 Å². The predicted molar refractivity (Wildman–Crippen MR) is 94.2 cm³/mol. The topological polar surface area (TPSA) is 77.2 Å². The summed E-state index contributed by atoms with van der Waals surface area (Å²) in [4.78, 5) is 15.9. The summed E-state index contributed by atoms with van der Waals surface area (Å²) in [7, 11) is 1.36. The minimum atomic E-state index is -0.376. The van der Waals surface area contributed by atoms with Crippen LogP contribution in [0.15, 0.2) is 53.1 Å². The predicted octanol–water partition coefficient (Wildman–Crippen LogP) is 3.70. The maximum absolute atomic E-state index is 11.6. The first-order valence-corrected chi connectivity index (χ1v) is 8.03. The van der Waals surface area contributed by atoms with Crippen LogP contribution in [0.25, 0.3) is 11.4 Å². The Balaban J connectivity index is 1.66.